The van der Waals surface area contributed by atoms with Gasteiger partial charge in [0, 0.05) is 12.6 Å². The molecule has 7 heteroatoms. The lowest BCUT2D eigenvalue weighted by Gasteiger charge is -2.34. The van der Waals surface area contributed by atoms with Crippen LogP contribution in [0.4, 0.5) is 0 Å². The Morgan fingerprint density at radius 3 is 2.33 bits per heavy atom. The lowest BCUT2D eigenvalue weighted by molar-refractivity contribution is 0.262. The fourth-order valence-corrected chi connectivity index (χ4v) is 5.53. The van der Waals surface area contributed by atoms with Gasteiger partial charge in [-0.25, -0.2) is 8.42 Å². The Bertz CT molecular complexity index is 566. The van der Waals surface area contributed by atoms with Gasteiger partial charge in [-0.05, 0) is 44.5 Å². The van der Waals surface area contributed by atoms with Gasteiger partial charge in [0.1, 0.15) is 4.90 Å². The molecule has 1 saturated heterocycles. The Balaban J connectivity index is 2.42. The quantitative estimate of drug-likeness (QED) is 0.887. The van der Waals surface area contributed by atoms with Crippen LogP contribution in [0.5, 0.6) is 0 Å². The van der Waals surface area contributed by atoms with Crippen LogP contribution in [0.3, 0.4) is 0 Å². The van der Waals surface area contributed by atoms with Crippen molar-refractivity contribution in [2.45, 2.75) is 37.1 Å². The summed E-state index contributed by atoms with van der Waals surface area (Å²) in [5, 5.41) is 3.61. The number of hydrogen-bond acceptors (Lipinski definition) is 3. The molecule has 0 unspecified atom stereocenters. The van der Waals surface area contributed by atoms with Gasteiger partial charge in [-0.1, -0.05) is 36.2 Å². The molecule has 1 fully saturated rings. The molecule has 4 nitrogen and oxygen atoms in total. The first-order chi connectivity index (χ1) is 9.98. The first-order valence-corrected chi connectivity index (χ1v) is 9.34. The number of benzene rings is 1. The summed E-state index contributed by atoms with van der Waals surface area (Å²) in [7, 11) is -3.68. The molecule has 1 N–H and O–H groups in total. The van der Waals surface area contributed by atoms with Crippen molar-refractivity contribution in [1.82, 2.24) is 9.62 Å². The summed E-state index contributed by atoms with van der Waals surface area (Å²) < 4.78 is 27.6. The Morgan fingerprint density at radius 1 is 1.24 bits per heavy atom. The minimum atomic E-state index is -3.68. The van der Waals surface area contributed by atoms with Crippen LogP contribution in [0.1, 0.15) is 26.2 Å². The average molecular weight is 351 g/mol. The lowest BCUT2D eigenvalue weighted by atomic mass is 10.1. The smallest absolute Gasteiger partial charge is 0.246 e. The van der Waals surface area contributed by atoms with Crippen LogP contribution < -0.4 is 5.32 Å². The zero-order valence-electron chi connectivity index (χ0n) is 12.0. The molecular weight excluding hydrogens is 331 g/mol. The monoisotopic (exact) mass is 350 g/mol. The van der Waals surface area contributed by atoms with Crippen molar-refractivity contribution in [3.8, 4) is 0 Å². The van der Waals surface area contributed by atoms with Crippen LogP contribution in [0.25, 0.3) is 0 Å². The second kappa shape index (κ2) is 7.29. The lowest BCUT2D eigenvalue weighted by Crippen LogP contribution is -2.46. The predicted molar refractivity (Wildman–Crippen MR) is 86.5 cm³/mol. The number of nitrogens with one attached hydrogen (secondary N) is 1. The van der Waals surface area contributed by atoms with E-state index >= 15 is 0 Å². The van der Waals surface area contributed by atoms with Crippen LogP contribution in [0, 0.1) is 0 Å². The van der Waals surface area contributed by atoms with Crippen molar-refractivity contribution in [1.29, 1.82) is 0 Å². The second-order valence-electron chi connectivity index (χ2n) is 5.15. The van der Waals surface area contributed by atoms with Crippen LogP contribution in [-0.4, -0.2) is 38.4 Å². The molecule has 0 aliphatic carbocycles. The molecule has 2 rings (SSSR count). The minimum Gasteiger partial charge on any atom is -0.317 e. The Morgan fingerprint density at radius 2 is 1.81 bits per heavy atom. The van der Waals surface area contributed by atoms with Gasteiger partial charge in [-0.2, -0.15) is 4.31 Å². The number of piperidine rings is 1. The molecule has 0 aromatic heterocycles. The van der Waals surface area contributed by atoms with Crippen molar-refractivity contribution in [2.24, 2.45) is 0 Å². The molecule has 0 spiro atoms. The molecule has 1 aromatic carbocycles. The largest absolute Gasteiger partial charge is 0.317 e. The molecule has 0 bridgehead atoms. The molecule has 1 aliphatic heterocycles. The van der Waals surface area contributed by atoms with E-state index in [0.717, 1.165) is 32.4 Å². The molecule has 21 heavy (non-hydrogen) atoms. The summed E-state index contributed by atoms with van der Waals surface area (Å²) in [5.74, 6) is 0. The van der Waals surface area contributed by atoms with E-state index in [2.05, 4.69) is 5.32 Å². The first-order valence-electron chi connectivity index (χ1n) is 7.15. The Hall–Kier alpha value is -0.330. The van der Waals surface area contributed by atoms with E-state index in [1.165, 1.54) is 0 Å². The molecule has 1 aliphatic rings. The van der Waals surface area contributed by atoms with Crippen LogP contribution in [0.15, 0.2) is 23.1 Å². The van der Waals surface area contributed by atoms with Gasteiger partial charge in [0.05, 0.1) is 10.0 Å². The summed E-state index contributed by atoms with van der Waals surface area (Å²) >= 11 is 12.2. The molecule has 118 valence electrons. The number of rotatable bonds is 5. The van der Waals surface area contributed by atoms with E-state index in [0.29, 0.717) is 6.54 Å². The van der Waals surface area contributed by atoms with E-state index in [4.69, 9.17) is 23.2 Å². The second-order valence-corrected chi connectivity index (χ2v) is 7.79. The maximum Gasteiger partial charge on any atom is 0.246 e. The fraction of sp³-hybridized carbons (Fsp3) is 0.571. The van der Waals surface area contributed by atoms with Crippen LogP contribution in [0.2, 0.25) is 10.0 Å². The van der Waals surface area contributed by atoms with E-state index < -0.39 is 10.0 Å². The van der Waals surface area contributed by atoms with Crippen molar-refractivity contribution in [2.75, 3.05) is 19.6 Å². The Kier molecular flexibility index (Phi) is 5.91. The van der Waals surface area contributed by atoms with Crippen LogP contribution in [-0.2, 0) is 10.0 Å². The van der Waals surface area contributed by atoms with Gasteiger partial charge in [0.15, 0.2) is 0 Å². The third-order valence-corrected chi connectivity index (χ3v) is 6.55. The number of nitrogens with zero attached hydrogens (tertiary/aromatic N) is 1. The summed E-state index contributed by atoms with van der Waals surface area (Å²) in [6.45, 7) is 4.11. The normalized spacial score (nSPS) is 17.3. The Labute approximate surface area is 136 Å². The van der Waals surface area contributed by atoms with Crippen LogP contribution >= 0.6 is 23.2 Å². The maximum atomic E-state index is 13.0. The molecule has 1 heterocycles. The highest BCUT2D eigenvalue weighted by molar-refractivity contribution is 7.89. The molecule has 0 radical (unpaired) electrons. The standard InChI is InChI=1S/C14H20Cl2N2O2S/c1-2-10-18(11-6-8-17-9-7-11)21(19,20)14-12(15)4-3-5-13(14)16/h3-5,11,17H,2,6-10H2,1H3. The molecule has 0 amide bonds. The summed E-state index contributed by atoms with van der Waals surface area (Å²) in [5.41, 5.74) is 0. The van der Waals surface area contributed by atoms with Gasteiger partial charge in [0.2, 0.25) is 10.0 Å². The summed E-state index contributed by atoms with van der Waals surface area (Å²) in [6.07, 6.45) is 2.37. The van der Waals surface area contributed by atoms with E-state index in [9.17, 15) is 8.42 Å². The van der Waals surface area contributed by atoms with E-state index in [1.807, 2.05) is 6.92 Å². The van der Waals surface area contributed by atoms with Crippen molar-refractivity contribution >= 4 is 33.2 Å². The van der Waals surface area contributed by atoms with Gasteiger partial charge in [0.25, 0.3) is 0 Å². The van der Waals surface area contributed by atoms with Gasteiger partial charge in [-0.15, -0.1) is 0 Å². The zero-order valence-corrected chi connectivity index (χ0v) is 14.3. The molecule has 0 saturated carbocycles. The third kappa shape index (κ3) is 3.71. The summed E-state index contributed by atoms with van der Waals surface area (Å²) in [4.78, 5) is 0.0281. The van der Waals surface area contributed by atoms with E-state index in [1.54, 1.807) is 22.5 Å². The highest BCUT2D eigenvalue weighted by Gasteiger charge is 2.34. The number of halogens is 2. The molecule has 1 aromatic rings. The third-order valence-electron chi connectivity index (χ3n) is 3.65. The fourth-order valence-electron chi connectivity index (χ4n) is 2.66. The first kappa shape index (κ1) is 17.0. The van der Waals surface area contributed by atoms with E-state index in [-0.39, 0.29) is 21.0 Å². The predicted octanol–water partition coefficient (Wildman–Crippen LogP) is 3.15. The van der Waals surface area contributed by atoms with Crippen molar-refractivity contribution < 1.29 is 8.42 Å². The average Bonchev–Trinajstić information content (AvgIpc) is 2.45. The summed E-state index contributed by atoms with van der Waals surface area (Å²) in [6, 6.07) is 4.78. The number of sulfonamides is 1. The van der Waals surface area contributed by atoms with Gasteiger partial charge in [-0.3, -0.25) is 0 Å². The number of hydrogen-bond donors (Lipinski definition) is 1. The SMILES string of the molecule is CCCN(C1CCNCC1)S(=O)(=O)c1c(Cl)cccc1Cl. The van der Waals surface area contributed by atoms with Crippen molar-refractivity contribution in [3.63, 3.8) is 0 Å². The molecular formula is C14H20Cl2N2O2S. The minimum absolute atomic E-state index is 0.00328. The van der Waals surface area contributed by atoms with Crippen molar-refractivity contribution in [3.05, 3.63) is 28.2 Å². The van der Waals surface area contributed by atoms with Gasteiger partial charge >= 0.3 is 0 Å². The zero-order chi connectivity index (χ0) is 15.5. The van der Waals surface area contributed by atoms with Gasteiger partial charge < -0.3 is 5.32 Å². The molecule has 0 atom stereocenters. The topological polar surface area (TPSA) is 49.4 Å². The highest BCUT2D eigenvalue weighted by atomic mass is 35.5. The maximum absolute atomic E-state index is 13.0. The highest BCUT2D eigenvalue weighted by Crippen LogP contribution is 2.33.